The molecule has 1 N–H and O–H groups in total. The van der Waals surface area contributed by atoms with E-state index in [0.29, 0.717) is 23.3 Å². The van der Waals surface area contributed by atoms with Gasteiger partial charge in [-0.3, -0.25) is 0 Å². The van der Waals surface area contributed by atoms with Gasteiger partial charge in [0.1, 0.15) is 17.1 Å². The van der Waals surface area contributed by atoms with E-state index in [2.05, 4.69) is 11.3 Å². The Hall–Kier alpha value is -3.26. The second kappa shape index (κ2) is 11.2. The van der Waals surface area contributed by atoms with Crippen LogP contribution in [0.1, 0.15) is 30.4 Å². The number of aliphatic hydroxyl groups is 1. The number of aliphatic hydroxyl groups excluding tert-OH is 1. The van der Waals surface area contributed by atoms with Gasteiger partial charge in [-0.25, -0.2) is 4.79 Å². The van der Waals surface area contributed by atoms with Crippen molar-refractivity contribution in [3.05, 3.63) is 66.2 Å². The maximum Gasteiger partial charge on any atom is 0.573 e. The van der Waals surface area contributed by atoms with Crippen LogP contribution in [0.15, 0.2) is 59.5 Å². The van der Waals surface area contributed by atoms with E-state index in [1.165, 1.54) is 6.07 Å². The number of rotatable bonds is 11. The summed E-state index contributed by atoms with van der Waals surface area (Å²) in [5, 5.41) is 10.2. The van der Waals surface area contributed by atoms with Crippen molar-refractivity contribution in [2.45, 2.75) is 39.0 Å². The molecule has 182 valence electrons. The van der Waals surface area contributed by atoms with Crippen LogP contribution in [-0.2, 0) is 16.0 Å². The molecular formula is C26H27F3O5. The normalized spacial score (nSPS) is 12.5. The van der Waals surface area contributed by atoms with Crippen molar-refractivity contribution in [3.8, 4) is 17.1 Å². The zero-order chi connectivity index (χ0) is 24.7. The van der Waals surface area contributed by atoms with E-state index in [9.17, 15) is 23.1 Å². The van der Waals surface area contributed by atoms with E-state index in [0.717, 1.165) is 36.3 Å². The third kappa shape index (κ3) is 7.12. The minimum Gasteiger partial charge on any atom is -0.462 e. The second-order valence-corrected chi connectivity index (χ2v) is 8.16. The molecule has 0 saturated carbocycles. The Morgan fingerprint density at radius 1 is 1.18 bits per heavy atom. The molecule has 0 aliphatic carbocycles. The van der Waals surface area contributed by atoms with Crippen LogP contribution in [0, 0.1) is 12.8 Å². The molecule has 0 spiro atoms. The molecular weight excluding hydrogens is 449 g/mol. The minimum absolute atomic E-state index is 0.0649. The predicted octanol–water partition coefficient (Wildman–Crippen LogP) is 6.36. The Morgan fingerprint density at radius 3 is 2.68 bits per heavy atom. The molecule has 8 heteroatoms. The van der Waals surface area contributed by atoms with Crippen LogP contribution in [0.4, 0.5) is 13.2 Å². The molecule has 0 saturated heterocycles. The number of benzene rings is 2. The predicted molar refractivity (Wildman–Crippen MR) is 122 cm³/mol. The van der Waals surface area contributed by atoms with Crippen LogP contribution in [0.2, 0.25) is 0 Å². The molecule has 5 nitrogen and oxygen atoms in total. The number of carbonyl (C=O) groups excluding carboxylic acids is 1. The van der Waals surface area contributed by atoms with Gasteiger partial charge in [0.25, 0.3) is 0 Å². The zero-order valence-corrected chi connectivity index (χ0v) is 18.9. The van der Waals surface area contributed by atoms with Crippen LogP contribution in [0.25, 0.3) is 22.3 Å². The number of aryl methyl sites for hydroxylation is 2. The van der Waals surface area contributed by atoms with E-state index in [1.807, 2.05) is 18.2 Å². The fraction of sp³-hybridized carbons (Fsp3) is 0.346. The summed E-state index contributed by atoms with van der Waals surface area (Å²) in [4.78, 5) is 11.2. The molecule has 0 amide bonds. The lowest BCUT2D eigenvalue weighted by Crippen LogP contribution is -2.17. The highest BCUT2D eigenvalue weighted by molar-refractivity contribution is 5.84. The summed E-state index contributed by atoms with van der Waals surface area (Å²) >= 11 is 0. The lowest BCUT2D eigenvalue weighted by Gasteiger charge is -2.13. The van der Waals surface area contributed by atoms with E-state index in [-0.39, 0.29) is 30.4 Å². The highest BCUT2D eigenvalue weighted by Gasteiger charge is 2.32. The Morgan fingerprint density at radius 2 is 1.97 bits per heavy atom. The topological polar surface area (TPSA) is 68.9 Å². The third-order valence-corrected chi connectivity index (χ3v) is 5.43. The summed E-state index contributed by atoms with van der Waals surface area (Å²) in [6, 6.07) is 12.0. The van der Waals surface area contributed by atoms with E-state index < -0.39 is 12.3 Å². The summed E-state index contributed by atoms with van der Waals surface area (Å²) in [7, 11) is 0. The molecule has 0 bridgehead atoms. The molecule has 1 atom stereocenters. The highest BCUT2D eigenvalue weighted by atomic mass is 19.4. The van der Waals surface area contributed by atoms with Gasteiger partial charge in [-0.1, -0.05) is 31.2 Å². The van der Waals surface area contributed by atoms with Crippen molar-refractivity contribution in [1.29, 1.82) is 0 Å². The Labute approximate surface area is 195 Å². The van der Waals surface area contributed by atoms with Gasteiger partial charge in [0.15, 0.2) is 0 Å². The first-order chi connectivity index (χ1) is 16.2. The first kappa shape index (κ1) is 25.4. The monoisotopic (exact) mass is 476 g/mol. The number of hydrogen-bond donors (Lipinski definition) is 1. The smallest absolute Gasteiger partial charge is 0.462 e. The van der Waals surface area contributed by atoms with Gasteiger partial charge in [-0.05, 0) is 61.6 Å². The number of furan rings is 1. The lowest BCUT2D eigenvalue weighted by molar-refractivity contribution is -0.274. The average molecular weight is 476 g/mol. The summed E-state index contributed by atoms with van der Waals surface area (Å²) in [6.07, 6.45) is -0.545. The maximum atomic E-state index is 12.8. The maximum absolute atomic E-state index is 12.8. The number of hydrogen-bond acceptors (Lipinski definition) is 5. The van der Waals surface area contributed by atoms with E-state index in [1.54, 1.807) is 25.1 Å². The van der Waals surface area contributed by atoms with Crippen LogP contribution >= 0.6 is 0 Å². The quantitative estimate of drug-likeness (QED) is 0.198. The molecule has 0 aliphatic heterocycles. The van der Waals surface area contributed by atoms with Crippen molar-refractivity contribution in [1.82, 2.24) is 0 Å². The van der Waals surface area contributed by atoms with Crippen LogP contribution in [0.3, 0.4) is 0 Å². The van der Waals surface area contributed by atoms with Gasteiger partial charge in [0, 0.05) is 24.0 Å². The molecule has 1 heterocycles. The van der Waals surface area contributed by atoms with Gasteiger partial charge in [-0.2, -0.15) is 0 Å². The number of carbonyl (C=O) groups is 1. The number of esters is 1. The molecule has 0 fully saturated rings. The lowest BCUT2D eigenvalue weighted by atomic mass is 10.0. The summed E-state index contributed by atoms with van der Waals surface area (Å²) in [5.74, 6) is -0.635. The Kier molecular flexibility index (Phi) is 8.39. The van der Waals surface area contributed by atoms with Crippen LogP contribution in [-0.4, -0.2) is 30.7 Å². The summed E-state index contributed by atoms with van der Waals surface area (Å²) < 4.78 is 53.6. The van der Waals surface area contributed by atoms with Crippen molar-refractivity contribution < 1.29 is 37.0 Å². The van der Waals surface area contributed by atoms with Gasteiger partial charge < -0.3 is 19.0 Å². The number of halogens is 3. The molecule has 2 aromatic carbocycles. The average Bonchev–Trinajstić information content (AvgIpc) is 3.20. The first-order valence-corrected chi connectivity index (χ1v) is 11.0. The van der Waals surface area contributed by atoms with E-state index >= 15 is 0 Å². The number of unbranched alkanes of at least 4 members (excludes halogenated alkanes) is 1. The van der Waals surface area contributed by atoms with Crippen molar-refractivity contribution in [2.75, 3.05) is 13.2 Å². The van der Waals surface area contributed by atoms with Crippen molar-refractivity contribution in [3.63, 3.8) is 0 Å². The standard InChI is InChI=1S/C26H27F3O5/c1-3-25(31)32-16-19(15-30)7-5-4-6-18-9-10-20-14-23(33-22(20)13-18)21-11-8-17(2)12-24(21)34-26(27,28)29/h3,8-14,19,30H,1,4-7,15-16H2,2H3. The van der Waals surface area contributed by atoms with Gasteiger partial charge in [0.05, 0.1) is 12.2 Å². The molecule has 1 unspecified atom stereocenters. The molecule has 3 rings (SSSR count). The second-order valence-electron chi connectivity index (χ2n) is 8.16. The summed E-state index contributed by atoms with van der Waals surface area (Å²) in [5.41, 5.74) is 2.48. The Balaban J connectivity index is 1.65. The largest absolute Gasteiger partial charge is 0.573 e. The number of fused-ring (bicyclic) bond motifs is 1. The first-order valence-electron chi connectivity index (χ1n) is 11.0. The molecule has 34 heavy (non-hydrogen) atoms. The van der Waals surface area contributed by atoms with Crippen LogP contribution in [0.5, 0.6) is 5.75 Å². The molecule has 1 aromatic heterocycles. The zero-order valence-electron chi connectivity index (χ0n) is 18.9. The van der Waals surface area contributed by atoms with E-state index in [4.69, 9.17) is 9.15 Å². The number of ether oxygens (including phenoxy) is 2. The molecule has 0 radical (unpaired) electrons. The van der Waals surface area contributed by atoms with Gasteiger partial charge in [-0.15, -0.1) is 13.2 Å². The van der Waals surface area contributed by atoms with Gasteiger partial charge >= 0.3 is 12.3 Å². The Bertz CT molecular complexity index is 1130. The van der Waals surface area contributed by atoms with Crippen molar-refractivity contribution in [2.24, 2.45) is 5.92 Å². The fourth-order valence-corrected chi connectivity index (χ4v) is 3.65. The third-order valence-electron chi connectivity index (χ3n) is 5.43. The highest BCUT2D eigenvalue weighted by Crippen LogP contribution is 2.37. The summed E-state index contributed by atoms with van der Waals surface area (Å²) in [6.45, 7) is 5.12. The van der Waals surface area contributed by atoms with Crippen molar-refractivity contribution >= 4 is 16.9 Å². The minimum atomic E-state index is -4.80. The molecule has 3 aromatic rings. The fourth-order valence-electron chi connectivity index (χ4n) is 3.65. The van der Waals surface area contributed by atoms with Gasteiger partial charge in [0.2, 0.25) is 0 Å². The number of alkyl halides is 3. The molecule has 0 aliphatic rings. The van der Waals surface area contributed by atoms with Crippen LogP contribution < -0.4 is 4.74 Å². The SMILES string of the molecule is C=CC(=O)OCC(CO)CCCCc1ccc2cc(-c3ccc(C)cc3OC(F)(F)F)oc2c1.